The molecule has 106 valence electrons. The van der Waals surface area contributed by atoms with Crippen molar-refractivity contribution in [2.45, 2.75) is 51.7 Å². The molecule has 1 aromatic rings. The van der Waals surface area contributed by atoms with Gasteiger partial charge in [0.25, 0.3) is 0 Å². The number of benzene rings is 1. The van der Waals surface area contributed by atoms with E-state index in [-0.39, 0.29) is 0 Å². The van der Waals surface area contributed by atoms with Gasteiger partial charge >= 0.3 is 0 Å². The molecule has 1 aromatic carbocycles. The van der Waals surface area contributed by atoms with Crippen LogP contribution in [-0.4, -0.2) is 30.6 Å². The molecule has 0 saturated carbocycles. The molecule has 0 spiro atoms. The first-order valence-electron chi connectivity index (χ1n) is 7.57. The molecule has 1 N–H and O–H groups in total. The van der Waals surface area contributed by atoms with E-state index in [1.165, 1.54) is 24.9 Å². The highest BCUT2D eigenvalue weighted by molar-refractivity contribution is 5.19. The molecule has 0 amide bonds. The Balaban J connectivity index is 2.03. The van der Waals surface area contributed by atoms with Crippen LogP contribution in [-0.2, 0) is 0 Å². The molecule has 0 bridgehead atoms. The van der Waals surface area contributed by atoms with Crippen LogP contribution in [0.2, 0.25) is 0 Å². The molecule has 0 radical (unpaired) electrons. The van der Waals surface area contributed by atoms with E-state index in [1.54, 1.807) is 0 Å². The van der Waals surface area contributed by atoms with E-state index >= 15 is 0 Å². The zero-order chi connectivity index (χ0) is 13.8. The van der Waals surface area contributed by atoms with Crippen molar-refractivity contribution >= 4 is 0 Å². The molecule has 3 atom stereocenters. The predicted molar refractivity (Wildman–Crippen MR) is 82.3 cm³/mol. The van der Waals surface area contributed by atoms with Crippen LogP contribution in [0, 0.1) is 5.92 Å². The molecule has 0 aromatic heterocycles. The molecule has 0 aliphatic carbocycles. The number of likely N-dealkylation sites (N-methyl/N-ethyl adjacent to an activating group) is 1. The second-order valence-corrected chi connectivity index (χ2v) is 6.48. The summed E-state index contributed by atoms with van der Waals surface area (Å²) in [5.74, 6) is 0.717. The summed E-state index contributed by atoms with van der Waals surface area (Å²) in [5, 5.41) is 3.88. The zero-order valence-electron chi connectivity index (χ0n) is 12.8. The lowest BCUT2D eigenvalue weighted by atomic mass is 9.96. The molecule has 2 rings (SSSR count). The number of likely N-dealkylation sites (tertiary alicyclic amines) is 1. The highest BCUT2D eigenvalue weighted by Crippen LogP contribution is 2.24. The fourth-order valence-corrected chi connectivity index (χ4v) is 3.06. The van der Waals surface area contributed by atoms with Gasteiger partial charge in [0.2, 0.25) is 0 Å². The second kappa shape index (κ2) is 6.53. The van der Waals surface area contributed by atoms with Crippen LogP contribution in [0.4, 0.5) is 0 Å². The van der Waals surface area contributed by atoms with Gasteiger partial charge in [-0.1, -0.05) is 44.2 Å². The molecule has 1 heterocycles. The van der Waals surface area contributed by atoms with Crippen LogP contribution in [0.5, 0.6) is 0 Å². The van der Waals surface area contributed by atoms with E-state index in [9.17, 15) is 0 Å². The Hall–Kier alpha value is -0.860. The van der Waals surface area contributed by atoms with Gasteiger partial charge in [-0.25, -0.2) is 0 Å². The Labute approximate surface area is 118 Å². The van der Waals surface area contributed by atoms with Gasteiger partial charge in [0.1, 0.15) is 0 Å². The highest BCUT2D eigenvalue weighted by atomic mass is 15.2. The van der Waals surface area contributed by atoms with Crippen molar-refractivity contribution < 1.29 is 0 Å². The van der Waals surface area contributed by atoms with Crippen LogP contribution < -0.4 is 5.32 Å². The average Bonchev–Trinajstić information content (AvgIpc) is 2.68. The van der Waals surface area contributed by atoms with Crippen LogP contribution in [0.15, 0.2) is 30.3 Å². The first-order valence-corrected chi connectivity index (χ1v) is 7.57. The number of nitrogens with zero attached hydrogens (tertiary/aromatic N) is 1. The van der Waals surface area contributed by atoms with E-state index in [0.29, 0.717) is 24.0 Å². The standard InChI is InChI=1S/C17H28N2/c1-13(2)10-17(15-8-6-5-7-9-15)18-16-11-14(3)19(4)12-16/h5-9,13-14,16-18H,10-12H2,1-4H3. The summed E-state index contributed by atoms with van der Waals surface area (Å²) in [6.07, 6.45) is 2.47. The van der Waals surface area contributed by atoms with E-state index in [2.05, 4.69) is 68.4 Å². The van der Waals surface area contributed by atoms with Gasteiger partial charge in [0.15, 0.2) is 0 Å². The second-order valence-electron chi connectivity index (χ2n) is 6.48. The fourth-order valence-electron chi connectivity index (χ4n) is 3.06. The van der Waals surface area contributed by atoms with Crippen LogP contribution in [0.1, 0.15) is 45.2 Å². The van der Waals surface area contributed by atoms with Gasteiger partial charge in [-0.3, -0.25) is 0 Å². The zero-order valence-corrected chi connectivity index (χ0v) is 12.8. The molecule has 2 heteroatoms. The third-order valence-electron chi connectivity index (χ3n) is 4.23. The SMILES string of the molecule is CC(C)CC(NC1CC(C)N(C)C1)c1ccccc1. The molecule has 1 aliphatic heterocycles. The summed E-state index contributed by atoms with van der Waals surface area (Å²) < 4.78 is 0. The summed E-state index contributed by atoms with van der Waals surface area (Å²) in [6.45, 7) is 8.10. The maximum Gasteiger partial charge on any atom is 0.0325 e. The number of rotatable bonds is 5. The fraction of sp³-hybridized carbons (Fsp3) is 0.647. The highest BCUT2D eigenvalue weighted by Gasteiger charge is 2.28. The van der Waals surface area contributed by atoms with Crippen molar-refractivity contribution in [3.8, 4) is 0 Å². The summed E-state index contributed by atoms with van der Waals surface area (Å²) in [6, 6.07) is 12.7. The van der Waals surface area contributed by atoms with Crippen molar-refractivity contribution in [3.63, 3.8) is 0 Å². The van der Waals surface area contributed by atoms with Crippen molar-refractivity contribution in [2.75, 3.05) is 13.6 Å². The molecule has 19 heavy (non-hydrogen) atoms. The normalized spacial score (nSPS) is 25.9. The lowest BCUT2D eigenvalue weighted by molar-refractivity contribution is 0.321. The Bertz CT molecular complexity index is 364. The van der Waals surface area contributed by atoms with Gasteiger partial charge in [-0.15, -0.1) is 0 Å². The first-order chi connectivity index (χ1) is 9.06. The first kappa shape index (κ1) is 14.5. The summed E-state index contributed by atoms with van der Waals surface area (Å²) >= 11 is 0. The molecule has 1 saturated heterocycles. The van der Waals surface area contributed by atoms with Gasteiger partial charge < -0.3 is 10.2 Å². The van der Waals surface area contributed by atoms with Crippen molar-refractivity contribution in [2.24, 2.45) is 5.92 Å². The molecule has 1 fully saturated rings. The monoisotopic (exact) mass is 260 g/mol. The maximum atomic E-state index is 3.88. The minimum Gasteiger partial charge on any atom is -0.306 e. The van der Waals surface area contributed by atoms with Gasteiger partial charge in [-0.05, 0) is 38.3 Å². The lowest BCUT2D eigenvalue weighted by Crippen LogP contribution is -2.35. The minimum atomic E-state index is 0.491. The number of nitrogens with one attached hydrogen (secondary N) is 1. The average molecular weight is 260 g/mol. The Kier molecular flexibility index (Phi) is 5.00. The van der Waals surface area contributed by atoms with Gasteiger partial charge in [0, 0.05) is 24.7 Å². The summed E-state index contributed by atoms with van der Waals surface area (Å²) in [5.41, 5.74) is 1.43. The van der Waals surface area contributed by atoms with Crippen molar-refractivity contribution in [1.29, 1.82) is 0 Å². The van der Waals surface area contributed by atoms with E-state index < -0.39 is 0 Å². The molecule has 1 aliphatic rings. The molecule has 3 unspecified atom stereocenters. The molecule has 2 nitrogen and oxygen atoms in total. The van der Waals surface area contributed by atoms with E-state index in [4.69, 9.17) is 0 Å². The Morgan fingerprint density at radius 3 is 2.47 bits per heavy atom. The van der Waals surface area contributed by atoms with Gasteiger partial charge in [-0.2, -0.15) is 0 Å². The largest absolute Gasteiger partial charge is 0.306 e. The predicted octanol–water partition coefficient (Wildman–Crippen LogP) is 3.46. The molecular formula is C17H28N2. The smallest absolute Gasteiger partial charge is 0.0325 e. The summed E-state index contributed by atoms with van der Waals surface area (Å²) in [4.78, 5) is 2.45. The van der Waals surface area contributed by atoms with E-state index in [0.717, 1.165) is 0 Å². The third kappa shape index (κ3) is 4.05. The Morgan fingerprint density at radius 2 is 1.95 bits per heavy atom. The van der Waals surface area contributed by atoms with Crippen molar-refractivity contribution in [3.05, 3.63) is 35.9 Å². The van der Waals surface area contributed by atoms with Crippen LogP contribution in [0.3, 0.4) is 0 Å². The summed E-state index contributed by atoms with van der Waals surface area (Å²) in [7, 11) is 2.23. The quantitative estimate of drug-likeness (QED) is 0.872. The number of hydrogen-bond acceptors (Lipinski definition) is 2. The topological polar surface area (TPSA) is 15.3 Å². The van der Waals surface area contributed by atoms with Crippen LogP contribution in [0.25, 0.3) is 0 Å². The van der Waals surface area contributed by atoms with Crippen LogP contribution >= 0.6 is 0 Å². The van der Waals surface area contributed by atoms with Gasteiger partial charge in [0.05, 0.1) is 0 Å². The Morgan fingerprint density at radius 1 is 1.26 bits per heavy atom. The maximum absolute atomic E-state index is 3.88. The lowest BCUT2D eigenvalue weighted by Gasteiger charge is -2.25. The number of hydrogen-bond donors (Lipinski definition) is 1. The molecular weight excluding hydrogens is 232 g/mol. The third-order valence-corrected chi connectivity index (χ3v) is 4.23. The van der Waals surface area contributed by atoms with Crippen molar-refractivity contribution in [1.82, 2.24) is 10.2 Å². The van der Waals surface area contributed by atoms with E-state index in [1.807, 2.05) is 0 Å². The minimum absolute atomic E-state index is 0.491.